The average molecular weight is 262 g/mol. The summed E-state index contributed by atoms with van der Waals surface area (Å²) < 4.78 is 0. The Morgan fingerprint density at radius 3 is 2.63 bits per heavy atom. The highest BCUT2D eigenvalue weighted by molar-refractivity contribution is 5.92. The Kier molecular flexibility index (Phi) is 4.02. The van der Waals surface area contributed by atoms with E-state index in [1.807, 2.05) is 0 Å². The van der Waals surface area contributed by atoms with Crippen LogP contribution in [0, 0.1) is 5.41 Å². The van der Waals surface area contributed by atoms with E-state index >= 15 is 0 Å². The number of rotatable bonds is 3. The van der Waals surface area contributed by atoms with E-state index < -0.39 is 0 Å². The van der Waals surface area contributed by atoms with Gasteiger partial charge in [-0.15, -0.1) is 0 Å². The minimum absolute atomic E-state index is 0.130. The van der Waals surface area contributed by atoms with E-state index in [0.29, 0.717) is 16.9 Å². The van der Waals surface area contributed by atoms with Gasteiger partial charge in [0.1, 0.15) is 11.5 Å². The van der Waals surface area contributed by atoms with E-state index in [2.05, 4.69) is 34.4 Å². The van der Waals surface area contributed by atoms with Gasteiger partial charge in [-0.3, -0.25) is 9.78 Å². The van der Waals surface area contributed by atoms with Gasteiger partial charge in [0.25, 0.3) is 5.91 Å². The monoisotopic (exact) mass is 262 g/mol. The molecule has 5 heteroatoms. The first-order valence-electron chi connectivity index (χ1n) is 6.81. The first-order valence-corrected chi connectivity index (χ1v) is 6.81. The lowest BCUT2D eigenvalue weighted by Gasteiger charge is -2.34. The van der Waals surface area contributed by atoms with Crippen LogP contribution in [0.1, 0.15) is 50.0 Å². The van der Waals surface area contributed by atoms with Gasteiger partial charge < -0.3 is 10.6 Å². The number of carbonyl (C=O) groups excluding carboxylic acids is 1. The predicted molar refractivity (Wildman–Crippen MR) is 75.1 cm³/mol. The summed E-state index contributed by atoms with van der Waals surface area (Å²) in [5.74, 6) is 0.478. The molecule has 0 saturated heterocycles. The minimum Gasteiger partial charge on any atom is -0.372 e. The molecular formula is C14H22N4O. The van der Waals surface area contributed by atoms with Crippen molar-refractivity contribution < 1.29 is 4.79 Å². The molecule has 1 amide bonds. The maximum absolute atomic E-state index is 12.1. The van der Waals surface area contributed by atoms with Gasteiger partial charge in [-0.25, -0.2) is 4.98 Å². The average Bonchev–Trinajstić information content (AvgIpc) is 2.41. The summed E-state index contributed by atoms with van der Waals surface area (Å²) in [6.07, 6.45) is 7.49. The minimum atomic E-state index is -0.130. The summed E-state index contributed by atoms with van der Waals surface area (Å²) in [6, 6.07) is 0.264. The maximum atomic E-state index is 12.1. The summed E-state index contributed by atoms with van der Waals surface area (Å²) >= 11 is 0. The Hall–Kier alpha value is -1.65. The Morgan fingerprint density at radius 1 is 1.32 bits per heavy atom. The zero-order valence-electron chi connectivity index (χ0n) is 11.9. The topological polar surface area (TPSA) is 66.9 Å². The van der Waals surface area contributed by atoms with Crippen LogP contribution in [0.4, 0.5) is 5.82 Å². The lowest BCUT2D eigenvalue weighted by Crippen LogP contribution is -2.39. The number of anilines is 1. The Morgan fingerprint density at radius 2 is 2.00 bits per heavy atom. The van der Waals surface area contributed by atoms with Crippen molar-refractivity contribution in [1.82, 2.24) is 15.3 Å². The lowest BCUT2D eigenvalue weighted by molar-refractivity contribution is 0.0903. The zero-order chi connectivity index (χ0) is 13.9. The quantitative estimate of drug-likeness (QED) is 0.876. The molecule has 1 heterocycles. The molecule has 0 aliphatic heterocycles. The van der Waals surface area contributed by atoms with E-state index in [9.17, 15) is 4.79 Å². The molecule has 0 spiro atoms. The third kappa shape index (κ3) is 3.66. The molecule has 1 aliphatic carbocycles. The van der Waals surface area contributed by atoms with Crippen LogP contribution in [-0.2, 0) is 0 Å². The van der Waals surface area contributed by atoms with Crippen molar-refractivity contribution in [2.75, 3.05) is 12.4 Å². The smallest absolute Gasteiger partial charge is 0.271 e. The molecular weight excluding hydrogens is 240 g/mol. The fourth-order valence-electron chi connectivity index (χ4n) is 2.40. The van der Waals surface area contributed by atoms with Crippen LogP contribution in [0.25, 0.3) is 0 Å². The van der Waals surface area contributed by atoms with Gasteiger partial charge in [-0.05, 0) is 31.1 Å². The van der Waals surface area contributed by atoms with Crippen LogP contribution >= 0.6 is 0 Å². The van der Waals surface area contributed by atoms with Gasteiger partial charge >= 0.3 is 0 Å². The zero-order valence-corrected chi connectivity index (χ0v) is 11.9. The maximum Gasteiger partial charge on any atom is 0.271 e. The van der Waals surface area contributed by atoms with Crippen LogP contribution in [0.2, 0.25) is 0 Å². The Balaban J connectivity index is 1.94. The summed E-state index contributed by atoms with van der Waals surface area (Å²) in [7, 11) is 1.76. The highest BCUT2D eigenvalue weighted by atomic mass is 16.1. The van der Waals surface area contributed by atoms with Gasteiger partial charge in [0.2, 0.25) is 0 Å². The predicted octanol–water partition coefficient (Wildman–Crippen LogP) is 2.22. The molecule has 0 aromatic carbocycles. The van der Waals surface area contributed by atoms with Crippen LogP contribution in [0.15, 0.2) is 12.4 Å². The van der Waals surface area contributed by atoms with E-state index in [1.165, 1.54) is 6.20 Å². The molecule has 0 bridgehead atoms. The van der Waals surface area contributed by atoms with Crippen molar-refractivity contribution in [1.29, 1.82) is 0 Å². The SMILES string of the molecule is CNc1cncc(C(=O)NC2CCC(C)(C)CC2)n1. The molecule has 0 unspecified atom stereocenters. The Labute approximate surface area is 114 Å². The molecule has 104 valence electrons. The van der Waals surface area contributed by atoms with Crippen LogP contribution in [0.3, 0.4) is 0 Å². The Bertz CT molecular complexity index is 449. The highest BCUT2D eigenvalue weighted by Gasteiger charge is 2.27. The van der Waals surface area contributed by atoms with E-state index in [-0.39, 0.29) is 11.9 Å². The van der Waals surface area contributed by atoms with Crippen molar-refractivity contribution >= 4 is 11.7 Å². The molecule has 19 heavy (non-hydrogen) atoms. The molecule has 1 aromatic rings. The first kappa shape index (κ1) is 13.8. The number of aromatic nitrogens is 2. The third-order valence-corrected chi connectivity index (χ3v) is 3.80. The fraction of sp³-hybridized carbons (Fsp3) is 0.643. The van der Waals surface area contributed by atoms with Crippen molar-refractivity contribution in [3.63, 3.8) is 0 Å². The molecule has 2 N–H and O–H groups in total. The largest absolute Gasteiger partial charge is 0.372 e. The van der Waals surface area contributed by atoms with Gasteiger partial charge in [0, 0.05) is 13.1 Å². The molecule has 2 rings (SSSR count). The molecule has 1 aromatic heterocycles. The van der Waals surface area contributed by atoms with Crippen LogP contribution < -0.4 is 10.6 Å². The summed E-state index contributed by atoms with van der Waals surface area (Å²) in [4.78, 5) is 20.3. The first-order chi connectivity index (χ1) is 9.00. The number of hydrogen-bond donors (Lipinski definition) is 2. The summed E-state index contributed by atoms with van der Waals surface area (Å²) in [5, 5.41) is 5.94. The van der Waals surface area contributed by atoms with Crippen molar-refractivity contribution in [3.8, 4) is 0 Å². The van der Waals surface area contributed by atoms with Gasteiger partial charge in [0.05, 0.1) is 12.4 Å². The van der Waals surface area contributed by atoms with Crippen molar-refractivity contribution in [2.24, 2.45) is 5.41 Å². The molecule has 5 nitrogen and oxygen atoms in total. The number of carbonyl (C=O) groups is 1. The number of amides is 1. The van der Waals surface area contributed by atoms with E-state index in [1.54, 1.807) is 13.2 Å². The summed E-state index contributed by atoms with van der Waals surface area (Å²) in [6.45, 7) is 4.57. The summed E-state index contributed by atoms with van der Waals surface area (Å²) in [5.41, 5.74) is 0.782. The number of hydrogen-bond acceptors (Lipinski definition) is 4. The van der Waals surface area contributed by atoms with E-state index in [0.717, 1.165) is 25.7 Å². The van der Waals surface area contributed by atoms with Crippen molar-refractivity contribution in [3.05, 3.63) is 18.1 Å². The van der Waals surface area contributed by atoms with Crippen LogP contribution in [0.5, 0.6) is 0 Å². The van der Waals surface area contributed by atoms with Crippen molar-refractivity contribution in [2.45, 2.75) is 45.6 Å². The second kappa shape index (κ2) is 5.55. The lowest BCUT2D eigenvalue weighted by atomic mass is 9.75. The van der Waals surface area contributed by atoms with E-state index in [4.69, 9.17) is 0 Å². The standard InChI is InChI=1S/C14H22N4O/c1-14(2)6-4-10(5-7-14)17-13(19)11-8-16-9-12(15-3)18-11/h8-10H,4-7H2,1-3H3,(H,15,18)(H,17,19). The second-order valence-electron chi connectivity index (χ2n) is 5.95. The van der Waals surface area contributed by atoms with Gasteiger partial charge in [0.15, 0.2) is 0 Å². The van der Waals surface area contributed by atoms with Gasteiger partial charge in [-0.2, -0.15) is 0 Å². The third-order valence-electron chi connectivity index (χ3n) is 3.80. The fourth-order valence-corrected chi connectivity index (χ4v) is 2.40. The molecule has 1 aliphatic rings. The second-order valence-corrected chi connectivity index (χ2v) is 5.95. The highest BCUT2D eigenvalue weighted by Crippen LogP contribution is 2.34. The molecule has 0 atom stereocenters. The van der Waals surface area contributed by atoms with Crippen LogP contribution in [-0.4, -0.2) is 29.0 Å². The number of nitrogens with zero attached hydrogens (tertiary/aromatic N) is 2. The normalized spacial score (nSPS) is 18.9. The molecule has 1 saturated carbocycles. The molecule has 1 fully saturated rings. The molecule has 0 radical (unpaired) electrons. The number of nitrogens with one attached hydrogen (secondary N) is 2. The van der Waals surface area contributed by atoms with Gasteiger partial charge in [-0.1, -0.05) is 13.8 Å².